The molecule has 1 aromatic heterocycles. The predicted molar refractivity (Wildman–Crippen MR) is 216 cm³/mol. The van der Waals surface area contributed by atoms with Gasteiger partial charge in [0.2, 0.25) is 6.71 Å². The summed E-state index contributed by atoms with van der Waals surface area (Å²) in [6, 6.07) is 39.0. The molecule has 1 aliphatic carbocycles. The van der Waals surface area contributed by atoms with E-state index in [2.05, 4.69) is 180 Å². The third-order valence-corrected chi connectivity index (χ3v) is 11.7. The van der Waals surface area contributed by atoms with Crippen LogP contribution in [0.25, 0.3) is 22.1 Å². The van der Waals surface area contributed by atoms with Gasteiger partial charge < -0.3 is 14.2 Å². The number of aryl methyl sites for hydroxylation is 1. The van der Waals surface area contributed by atoms with Crippen molar-refractivity contribution in [3.8, 4) is 11.1 Å². The summed E-state index contributed by atoms with van der Waals surface area (Å²) < 4.78 is 6.73. The second-order valence-electron chi connectivity index (χ2n) is 17.1. The highest BCUT2D eigenvalue weighted by molar-refractivity contribution is 6.95. The van der Waals surface area contributed by atoms with E-state index in [1.807, 2.05) is 0 Å². The Hall–Kier alpha value is -5.22. The average molecular weight is 663 g/mol. The number of hydrogen-bond acceptors (Lipinski definition) is 3. The summed E-state index contributed by atoms with van der Waals surface area (Å²) in [5.74, 6) is 1.25. The minimum Gasteiger partial charge on any atom is -0.458 e. The number of nitrogens with zero attached hydrogens (tertiary/aromatic N) is 2. The number of furan rings is 1. The van der Waals surface area contributed by atoms with Crippen LogP contribution in [-0.4, -0.2) is 12.8 Å². The second kappa shape index (κ2) is 10.4. The number of anilines is 5. The van der Waals surface area contributed by atoms with Gasteiger partial charge in [0.25, 0.3) is 0 Å². The van der Waals surface area contributed by atoms with Gasteiger partial charge >= 0.3 is 0 Å². The average Bonchev–Trinajstić information content (AvgIpc) is 3.65. The Morgan fingerprint density at radius 2 is 1.39 bits per heavy atom. The predicted octanol–water partition coefficient (Wildman–Crippen LogP) is 11.0. The van der Waals surface area contributed by atoms with Crippen molar-refractivity contribution >= 4 is 57.0 Å². The van der Waals surface area contributed by atoms with Gasteiger partial charge in [-0.05, 0) is 93.4 Å². The molecule has 51 heavy (non-hydrogen) atoms. The molecule has 0 amide bonds. The molecule has 3 nitrogen and oxygen atoms in total. The zero-order valence-electron chi connectivity index (χ0n) is 30.6. The van der Waals surface area contributed by atoms with Gasteiger partial charge in [-0.15, -0.1) is 0 Å². The summed E-state index contributed by atoms with van der Waals surface area (Å²) in [4.78, 5) is 5.24. The molecule has 5 aromatic carbocycles. The molecule has 4 heterocycles. The highest BCUT2D eigenvalue weighted by Gasteiger charge is 2.54. The number of benzene rings is 5. The molecule has 10 rings (SSSR count). The molecule has 4 heteroatoms. The number of para-hydroxylation sites is 1. The maximum atomic E-state index is 6.73. The summed E-state index contributed by atoms with van der Waals surface area (Å²) in [5, 5.41) is 1.19. The highest BCUT2D eigenvalue weighted by Crippen LogP contribution is 2.57. The summed E-state index contributed by atoms with van der Waals surface area (Å²) in [6.07, 6.45) is 7.05. The SMILES string of the molecule is Cc1cc2c3c(c1)N1c4c(oc5ccccc45)C4C=CC=C(B3c3ccc(C(C)(C)C)cc3N2c2ccc(C(C)(C)C)cc2-c2ccccc2)C41. The summed E-state index contributed by atoms with van der Waals surface area (Å²) in [7, 11) is 0. The highest BCUT2D eigenvalue weighted by atomic mass is 16.3. The maximum absolute atomic E-state index is 6.73. The molecule has 0 spiro atoms. The van der Waals surface area contributed by atoms with Crippen molar-refractivity contribution in [2.45, 2.75) is 71.3 Å². The van der Waals surface area contributed by atoms with Gasteiger partial charge in [-0.3, -0.25) is 0 Å². The zero-order valence-corrected chi connectivity index (χ0v) is 30.6. The fraction of sp³-hybridized carbons (Fsp3) is 0.234. The molecular formula is C47H43BN2O. The molecule has 250 valence electrons. The van der Waals surface area contributed by atoms with Crippen LogP contribution < -0.4 is 20.7 Å². The largest absolute Gasteiger partial charge is 0.458 e. The van der Waals surface area contributed by atoms with Crippen LogP contribution in [-0.2, 0) is 10.8 Å². The van der Waals surface area contributed by atoms with Crippen LogP contribution in [0.1, 0.15) is 69.9 Å². The number of rotatable bonds is 2. The van der Waals surface area contributed by atoms with E-state index in [4.69, 9.17) is 4.42 Å². The minimum atomic E-state index is -0.000689. The minimum absolute atomic E-state index is 0.000689. The molecule has 0 saturated carbocycles. The quantitative estimate of drug-likeness (QED) is 0.172. The van der Waals surface area contributed by atoms with Crippen molar-refractivity contribution < 1.29 is 4.42 Å². The topological polar surface area (TPSA) is 19.6 Å². The molecule has 2 unspecified atom stereocenters. The molecule has 3 aliphatic heterocycles. The van der Waals surface area contributed by atoms with E-state index in [-0.39, 0.29) is 29.5 Å². The molecule has 0 bridgehead atoms. The normalized spacial score (nSPS) is 18.4. The van der Waals surface area contributed by atoms with E-state index in [1.165, 1.54) is 78.0 Å². The standard InChI is InChI=1S/C47H43BN2O/c1-28-24-39-42-40(25-28)50-43-33(45-44(50)32-16-11-12-19-41(32)51-45)17-13-18-36(43)48(42)35-22-20-31(47(5,6)7)27-38(35)49(39)37-23-21-30(46(2,3)4)26-34(37)29-14-9-8-10-15-29/h8-27,33,43H,1-7H3. The van der Waals surface area contributed by atoms with Gasteiger partial charge in [-0.1, -0.05) is 126 Å². The number of hydrogen-bond donors (Lipinski definition) is 0. The van der Waals surface area contributed by atoms with Crippen LogP contribution in [0.2, 0.25) is 0 Å². The zero-order chi connectivity index (χ0) is 35.0. The van der Waals surface area contributed by atoms with Crippen molar-refractivity contribution in [2.75, 3.05) is 9.80 Å². The van der Waals surface area contributed by atoms with E-state index in [0.717, 1.165) is 11.3 Å². The third-order valence-electron chi connectivity index (χ3n) is 11.7. The Bertz CT molecular complexity index is 2490. The summed E-state index contributed by atoms with van der Waals surface area (Å²) in [6.45, 7) is 16.3. The lowest BCUT2D eigenvalue weighted by molar-refractivity contribution is 0.525. The monoisotopic (exact) mass is 662 g/mol. The van der Waals surface area contributed by atoms with Gasteiger partial charge in [0, 0.05) is 28.0 Å². The van der Waals surface area contributed by atoms with E-state index in [9.17, 15) is 0 Å². The fourth-order valence-corrected chi connectivity index (χ4v) is 9.26. The van der Waals surface area contributed by atoms with Crippen LogP contribution >= 0.6 is 0 Å². The Morgan fingerprint density at radius 1 is 0.686 bits per heavy atom. The van der Waals surface area contributed by atoms with Crippen molar-refractivity contribution in [2.24, 2.45) is 0 Å². The lowest BCUT2D eigenvalue weighted by Gasteiger charge is -2.48. The van der Waals surface area contributed by atoms with Crippen LogP contribution in [0.5, 0.6) is 0 Å². The smallest absolute Gasteiger partial charge is 0.247 e. The van der Waals surface area contributed by atoms with Gasteiger partial charge in [0.05, 0.1) is 23.3 Å². The van der Waals surface area contributed by atoms with Crippen molar-refractivity contribution in [1.29, 1.82) is 0 Å². The first-order chi connectivity index (χ1) is 24.5. The summed E-state index contributed by atoms with van der Waals surface area (Å²) in [5.41, 5.74) is 17.9. The Labute approximate surface area is 302 Å². The van der Waals surface area contributed by atoms with Gasteiger partial charge in [-0.25, -0.2) is 0 Å². The van der Waals surface area contributed by atoms with E-state index < -0.39 is 0 Å². The second-order valence-corrected chi connectivity index (χ2v) is 17.1. The van der Waals surface area contributed by atoms with Crippen LogP contribution in [0.15, 0.2) is 131 Å². The number of fused-ring (bicyclic) bond motifs is 9. The molecule has 0 saturated heterocycles. The van der Waals surface area contributed by atoms with E-state index in [1.54, 1.807) is 0 Å². The molecule has 0 fully saturated rings. The molecule has 0 N–H and O–H groups in total. The lowest BCUT2D eigenvalue weighted by atomic mass is 9.31. The molecular weight excluding hydrogens is 619 g/mol. The first kappa shape index (κ1) is 30.6. The fourth-order valence-electron chi connectivity index (χ4n) is 9.26. The molecule has 2 atom stereocenters. The van der Waals surface area contributed by atoms with Crippen molar-refractivity contribution in [3.05, 3.63) is 149 Å². The number of allylic oxidation sites excluding steroid dienone is 2. The van der Waals surface area contributed by atoms with Gasteiger partial charge in [0.1, 0.15) is 11.3 Å². The van der Waals surface area contributed by atoms with Crippen LogP contribution in [0.3, 0.4) is 0 Å². The Balaban J connectivity index is 1.31. The lowest BCUT2D eigenvalue weighted by Crippen LogP contribution is -2.60. The van der Waals surface area contributed by atoms with Crippen molar-refractivity contribution in [3.63, 3.8) is 0 Å². The van der Waals surface area contributed by atoms with Gasteiger partial charge in [-0.2, -0.15) is 0 Å². The maximum Gasteiger partial charge on any atom is 0.247 e. The molecule has 0 radical (unpaired) electrons. The van der Waals surface area contributed by atoms with Crippen LogP contribution in [0, 0.1) is 6.92 Å². The van der Waals surface area contributed by atoms with Crippen molar-refractivity contribution in [1.82, 2.24) is 0 Å². The molecule has 6 aromatic rings. The summed E-state index contributed by atoms with van der Waals surface area (Å²) >= 11 is 0. The first-order valence-corrected chi connectivity index (χ1v) is 18.5. The first-order valence-electron chi connectivity index (χ1n) is 18.5. The Kier molecular flexibility index (Phi) is 6.25. The van der Waals surface area contributed by atoms with E-state index >= 15 is 0 Å². The third kappa shape index (κ3) is 4.32. The van der Waals surface area contributed by atoms with Crippen LogP contribution in [0.4, 0.5) is 28.4 Å². The Morgan fingerprint density at radius 3 is 2.18 bits per heavy atom. The molecule has 4 aliphatic rings. The van der Waals surface area contributed by atoms with E-state index in [0.29, 0.717) is 0 Å². The van der Waals surface area contributed by atoms with Gasteiger partial charge in [0.15, 0.2) is 0 Å².